The molecule has 1 aromatic heterocycles. The largest absolute Gasteiger partial charge is 0.512 e. The molecule has 1 N–H and O–H groups in total. The standard InChI is InChI=1S/C14H17BINO2/c1-13(2)14(3,4)19-15(18-13)11-8-9-6-5-7-10(16)12(9)17-11/h5-8,17H,1-4H3. The molecule has 1 fully saturated rings. The number of aromatic nitrogens is 1. The van der Waals surface area contributed by atoms with Crippen LogP contribution in [-0.2, 0) is 9.31 Å². The molecular weight excluding hydrogens is 352 g/mol. The lowest BCUT2D eigenvalue weighted by Gasteiger charge is -2.32. The number of H-pyrrole nitrogens is 1. The Bertz CT molecular complexity index is 619. The average Bonchev–Trinajstić information content (AvgIpc) is 2.80. The second kappa shape index (κ2) is 4.23. The van der Waals surface area contributed by atoms with Crippen LogP contribution >= 0.6 is 22.6 Å². The van der Waals surface area contributed by atoms with Crippen LogP contribution in [0.2, 0.25) is 0 Å². The number of para-hydroxylation sites is 1. The van der Waals surface area contributed by atoms with Gasteiger partial charge in [0.2, 0.25) is 0 Å². The number of hydrogen-bond donors (Lipinski definition) is 1. The minimum atomic E-state index is -0.326. The van der Waals surface area contributed by atoms with Crippen molar-refractivity contribution in [1.29, 1.82) is 0 Å². The summed E-state index contributed by atoms with van der Waals surface area (Å²) < 4.78 is 13.3. The highest BCUT2D eigenvalue weighted by Crippen LogP contribution is 2.36. The van der Waals surface area contributed by atoms with E-state index >= 15 is 0 Å². The Balaban J connectivity index is 2.01. The lowest BCUT2D eigenvalue weighted by atomic mass is 9.85. The molecule has 0 unspecified atom stereocenters. The number of hydrogen-bond acceptors (Lipinski definition) is 2. The second-order valence-corrected chi connectivity index (χ2v) is 7.18. The maximum absolute atomic E-state index is 6.06. The first kappa shape index (κ1) is 13.5. The Labute approximate surface area is 127 Å². The normalized spacial score (nSPS) is 21.2. The van der Waals surface area contributed by atoms with Gasteiger partial charge in [-0.2, -0.15) is 0 Å². The molecule has 5 heteroatoms. The molecule has 0 saturated carbocycles. The molecule has 0 spiro atoms. The molecule has 1 aromatic carbocycles. The molecule has 0 aliphatic carbocycles. The molecule has 0 amide bonds. The van der Waals surface area contributed by atoms with Gasteiger partial charge in [-0.15, -0.1) is 0 Å². The van der Waals surface area contributed by atoms with E-state index in [1.165, 1.54) is 8.96 Å². The fourth-order valence-corrected chi connectivity index (χ4v) is 2.89. The van der Waals surface area contributed by atoms with Crippen LogP contribution < -0.4 is 5.59 Å². The summed E-state index contributed by atoms with van der Waals surface area (Å²) >= 11 is 2.34. The summed E-state index contributed by atoms with van der Waals surface area (Å²) in [6.45, 7) is 8.28. The Kier molecular flexibility index (Phi) is 3.00. The zero-order chi connectivity index (χ0) is 13.8. The van der Waals surface area contributed by atoms with E-state index in [2.05, 4.69) is 79.5 Å². The van der Waals surface area contributed by atoms with Crippen molar-refractivity contribution in [3.05, 3.63) is 27.8 Å². The molecule has 0 atom stereocenters. The molecule has 100 valence electrons. The van der Waals surface area contributed by atoms with Gasteiger partial charge in [0.05, 0.1) is 16.7 Å². The van der Waals surface area contributed by atoms with Crippen LogP contribution in [0.3, 0.4) is 0 Å². The Morgan fingerprint density at radius 2 is 1.74 bits per heavy atom. The van der Waals surface area contributed by atoms with E-state index in [9.17, 15) is 0 Å². The maximum atomic E-state index is 6.06. The van der Waals surface area contributed by atoms with Crippen LogP contribution in [0.5, 0.6) is 0 Å². The molecular formula is C14H17BINO2. The summed E-state index contributed by atoms with van der Waals surface area (Å²) in [5.74, 6) is 0. The van der Waals surface area contributed by atoms with Gasteiger partial charge in [-0.05, 0) is 62.4 Å². The van der Waals surface area contributed by atoms with Crippen molar-refractivity contribution in [2.24, 2.45) is 0 Å². The van der Waals surface area contributed by atoms with Gasteiger partial charge in [-0.3, -0.25) is 0 Å². The highest BCUT2D eigenvalue weighted by atomic mass is 127. The van der Waals surface area contributed by atoms with Crippen molar-refractivity contribution >= 4 is 46.2 Å². The van der Waals surface area contributed by atoms with Crippen LogP contribution in [0.1, 0.15) is 27.7 Å². The molecule has 1 aliphatic heterocycles. The second-order valence-electron chi connectivity index (χ2n) is 6.02. The van der Waals surface area contributed by atoms with Gasteiger partial charge < -0.3 is 14.3 Å². The summed E-state index contributed by atoms with van der Waals surface area (Å²) in [6, 6.07) is 8.36. The van der Waals surface area contributed by atoms with E-state index in [0.29, 0.717) is 0 Å². The van der Waals surface area contributed by atoms with Gasteiger partial charge in [0, 0.05) is 14.5 Å². The summed E-state index contributed by atoms with van der Waals surface area (Å²) in [5, 5.41) is 1.19. The predicted octanol–water partition coefficient (Wildman–Crippen LogP) is 3.07. The third-order valence-electron chi connectivity index (χ3n) is 4.13. The highest BCUT2D eigenvalue weighted by Gasteiger charge is 2.52. The van der Waals surface area contributed by atoms with Crippen LogP contribution in [0, 0.1) is 3.57 Å². The predicted molar refractivity (Wildman–Crippen MR) is 86.7 cm³/mol. The topological polar surface area (TPSA) is 34.2 Å². The molecule has 1 saturated heterocycles. The quantitative estimate of drug-likeness (QED) is 0.620. The number of fused-ring (bicyclic) bond motifs is 1. The van der Waals surface area contributed by atoms with Crippen molar-refractivity contribution in [3.8, 4) is 0 Å². The Morgan fingerprint density at radius 3 is 2.32 bits per heavy atom. The number of halogens is 1. The Morgan fingerprint density at radius 1 is 1.11 bits per heavy atom. The summed E-state index contributed by atoms with van der Waals surface area (Å²) in [7, 11) is -0.326. The summed E-state index contributed by atoms with van der Waals surface area (Å²) in [5.41, 5.74) is 1.52. The van der Waals surface area contributed by atoms with Crippen molar-refractivity contribution in [3.63, 3.8) is 0 Å². The van der Waals surface area contributed by atoms with Gasteiger partial charge in [0.1, 0.15) is 0 Å². The number of rotatable bonds is 1. The van der Waals surface area contributed by atoms with E-state index < -0.39 is 0 Å². The zero-order valence-corrected chi connectivity index (χ0v) is 13.7. The van der Waals surface area contributed by atoms with Crippen molar-refractivity contribution in [2.45, 2.75) is 38.9 Å². The van der Waals surface area contributed by atoms with Crippen LogP contribution in [0.15, 0.2) is 24.3 Å². The highest BCUT2D eigenvalue weighted by molar-refractivity contribution is 14.1. The van der Waals surface area contributed by atoms with Gasteiger partial charge >= 0.3 is 7.12 Å². The van der Waals surface area contributed by atoms with Gasteiger partial charge in [-0.25, -0.2) is 0 Å². The van der Waals surface area contributed by atoms with Gasteiger partial charge in [-0.1, -0.05) is 12.1 Å². The molecule has 0 radical (unpaired) electrons. The monoisotopic (exact) mass is 369 g/mol. The summed E-state index contributed by atoms with van der Waals surface area (Å²) in [6.07, 6.45) is 0. The number of benzene rings is 1. The van der Waals surface area contributed by atoms with Crippen molar-refractivity contribution < 1.29 is 9.31 Å². The first-order valence-electron chi connectivity index (χ1n) is 6.43. The van der Waals surface area contributed by atoms with E-state index in [4.69, 9.17) is 9.31 Å². The van der Waals surface area contributed by atoms with E-state index in [1.807, 2.05) is 0 Å². The molecule has 3 nitrogen and oxygen atoms in total. The molecule has 2 heterocycles. The van der Waals surface area contributed by atoms with Crippen LogP contribution in [0.4, 0.5) is 0 Å². The molecule has 3 rings (SSSR count). The maximum Gasteiger partial charge on any atom is 0.512 e. The SMILES string of the molecule is CC1(C)OB(c2cc3cccc(I)c3[nH]2)OC1(C)C. The molecule has 2 aromatic rings. The average molecular weight is 369 g/mol. The molecule has 19 heavy (non-hydrogen) atoms. The van der Waals surface area contributed by atoms with Crippen LogP contribution in [0.25, 0.3) is 10.9 Å². The Hall–Kier alpha value is -0.525. The third-order valence-corrected chi connectivity index (χ3v) is 5.03. The van der Waals surface area contributed by atoms with Gasteiger partial charge in [0.25, 0.3) is 0 Å². The van der Waals surface area contributed by atoms with E-state index in [1.54, 1.807) is 0 Å². The summed E-state index contributed by atoms with van der Waals surface area (Å²) in [4.78, 5) is 3.42. The third kappa shape index (κ3) is 2.12. The molecule has 1 aliphatic rings. The van der Waals surface area contributed by atoms with Crippen LogP contribution in [-0.4, -0.2) is 23.3 Å². The van der Waals surface area contributed by atoms with E-state index in [-0.39, 0.29) is 18.3 Å². The smallest absolute Gasteiger partial charge is 0.398 e. The minimum Gasteiger partial charge on any atom is -0.398 e. The van der Waals surface area contributed by atoms with Gasteiger partial charge in [0.15, 0.2) is 0 Å². The van der Waals surface area contributed by atoms with Crippen molar-refractivity contribution in [1.82, 2.24) is 4.98 Å². The van der Waals surface area contributed by atoms with E-state index in [0.717, 1.165) is 11.1 Å². The number of nitrogens with one attached hydrogen (secondary N) is 1. The molecule has 0 bridgehead atoms. The minimum absolute atomic E-state index is 0.303. The van der Waals surface area contributed by atoms with Crippen molar-refractivity contribution in [2.75, 3.05) is 0 Å². The first-order valence-corrected chi connectivity index (χ1v) is 7.51. The zero-order valence-electron chi connectivity index (χ0n) is 11.6. The number of aromatic amines is 1. The first-order chi connectivity index (χ1) is 8.80. The fourth-order valence-electron chi connectivity index (χ4n) is 2.24. The lowest BCUT2D eigenvalue weighted by molar-refractivity contribution is 0.00578. The fraction of sp³-hybridized carbons (Fsp3) is 0.429. The lowest BCUT2D eigenvalue weighted by Crippen LogP contribution is -2.41.